The van der Waals surface area contributed by atoms with Crippen LogP contribution >= 0.6 is 0 Å². The molecule has 5 aliphatic heterocycles. The SMILES string of the molecule is CC[C@@]1(OC(=O)OC2CCC3(C)C(=CCC4C3CCC3(C)C(C(C)CCCC(C)C)CCC43)C2)C[C@@H]2CN(CCc3c([nH]c4ccccc34)[C@](C(=O)OC)(c3cc4c(cc3OC)N(C=O)[C@H]3C45CCN4CC=C[C@@](CC)([C@@H]45)[C@H](OC(C)=O)[C@@]3(O)C(=O)OC)C2)C1. The number of nitrogens with one attached hydrogen (secondary N) is 1. The van der Waals surface area contributed by atoms with Crippen LogP contribution in [0.4, 0.5) is 10.5 Å². The largest absolute Gasteiger partial charge is 0.509 e. The van der Waals surface area contributed by atoms with Crippen molar-refractivity contribution < 1.29 is 57.5 Å². The van der Waals surface area contributed by atoms with Gasteiger partial charge < -0.3 is 43.4 Å². The number of rotatable bonds is 15. The molecule has 1 spiro atoms. The Hall–Kier alpha value is -5.71. The van der Waals surface area contributed by atoms with Crippen molar-refractivity contribution in [2.24, 2.45) is 57.7 Å². The summed E-state index contributed by atoms with van der Waals surface area (Å²) in [4.78, 5) is 82.8. The summed E-state index contributed by atoms with van der Waals surface area (Å²) in [5, 5.41) is 14.6. The van der Waals surface area contributed by atoms with Crippen LogP contribution in [0.2, 0.25) is 0 Å². The van der Waals surface area contributed by atoms with Gasteiger partial charge in [0.2, 0.25) is 12.0 Å². The van der Waals surface area contributed by atoms with E-state index in [4.69, 9.17) is 28.4 Å². The number of esters is 3. The number of anilines is 1. The van der Waals surface area contributed by atoms with Gasteiger partial charge in [0.15, 0.2) is 6.10 Å². The monoisotopic (exact) mass is 1240 g/mol. The number of methoxy groups -OCH3 is 3. The van der Waals surface area contributed by atoms with Gasteiger partial charge in [0.05, 0.1) is 33.1 Å². The zero-order valence-corrected chi connectivity index (χ0v) is 55.5. The minimum Gasteiger partial charge on any atom is -0.496 e. The van der Waals surface area contributed by atoms with Crippen LogP contribution in [0.5, 0.6) is 5.75 Å². The van der Waals surface area contributed by atoms with Crippen LogP contribution in [0.25, 0.3) is 10.9 Å². The molecule has 0 radical (unpaired) electrons. The van der Waals surface area contributed by atoms with Gasteiger partial charge in [-0.05, 0) is 166 Å². The van der Waals surface area contributed by atoms with Gasteiger partial charge in [-0.1, -0.05) is 110 Å². The molecule has 2 N–H and O–H groups in total. The number of fused-ring (bicyclic) bond motifs is 11. The third-order valence-corrected chi connectivity index (χ3v) is 26.3. The van der Waals surface area contributed by atoms with Gasteiger partial charge in [-0.15, -0.1) is 0 Å². The first-order chi connectivity index (χ1) is 43.1. The summed E-state index contributed by atoms with van der Waals surface area (Å²) in [6, 6.07) is 10.0. The second kappa shape index (κ2) is 23.1. The summed E-state index contributed by atoms with van der Waals surface area (Å²) in [5.74, 6) is 2.23. The number of nitrogens with zero attached hydrogens (tertiary/aromatic N) is 3. The number of allylic oxidation sites excluding steroid dienone is 1. The fourth-order valence-electron chi connectivity index (χ4n) is 22.6. The molecular weight excluding hydrogens is 1140 g/mol. The number of benzene rings is 2. The van der Waals surface area contributed by atoms with Gasteiger partial charge in [0, 0.05) is 84.6 Å². The molecule has 18 atom stereocenters. The number of piperidine rings is 1. The average Bonchev–Trinajstić information content (AvgIpc) is 1.45. The minimum atomic E-state index is -2.58. The third-order valence-electron chi connectivity index (χ3n) is 26.3. The summed E-state index contributed by atoms with van der Waals surface area (Å²) < 4.78 is 37.7. The van der Waals surface area contributed by atoms with Gasteiger partial charge in [-0.3, -0.25) is 24.2 Å². The predicted octanol–water partition coefficient (Wildman–Crippen LogP) is 12.1. The molecule has 90 heavy (non-hydrogen) atoms. The Morgan fingerprint density at radius 2 is 1.66 bits per heavy atom. The average molecular weight is 1240 g/mol. The van der Waals surface area contributed by atoms with Crippen LogP contribution in [-0.2, 0) is 60.1 Å². The van der Waals surface area contributed by atoms with E-state index in [0.717, 1.165) is 65.8 Å². The lowest BCUT2D eigenvalue weighted by atomic mass is 9.47. The first-order valence-corrected chi connectivity index (χ1v) is 34.5. The van der Waals surface area contributed by atoms with Crippen molar-refractivity contribution in [3.63, 3.8) is 0 Å². The number of aromatic nitrogens is 1. The van der Waals surface area contributed by atoms with E-state index in [2.05, 4.69) is 68.5 Å². The highest BCUT2D eigenvalue weighted by molar-refractivity contribution is 5.96. The molecule has 5 aliphatic carbocycles. The Morgan fingerprint density at radius 3 is 2.38 bits per heavy atom. The summed E-state index contributed by atoms with van der Waals surface area (Å²) in [6.07, 6.45) is 20.2. The standard InChI is InChI=1S/C74H100N4O12/c1-12-70(90-67(83)89-49-26-30-68(7)48(36-49)22-23-52-54-25-24-53(45(5)19-16-18-44(3)4)69(54,8)31-27-55(52)68)39-47-40-73(65(81)86-10,61-51(28-34-76(41-47)42-70)50-20-14-15-21-58(50)75-61)57-37-56-59(38-60(57)85-9)78(43-79)63-72(56)32-35-77-33-17-29-71(13-2,62(72)77)64(88-46(6)80)74(63,84)66(82)87-11/h14-15,17,20-22,29,37-38,43-45,47,49,52-55,62-64,75,84H,12-13,16,18-19,23-28,30-36,39-42H2,1-11H3/t45?,47-,49?,52?,53?,54?,55?,62+,63-,64-,68?,69?,70+,71-,72?,73+,74+/m0/s1. The van der Waals surface area contributed by atoms with Crippen LogP contribution in [0.3, 0.4) is 0 Å². The molecule has 16 heteroatoms. The van der Waals surface area contributed by atoms with E-state index in [1.54, 1.807) is 13.2 Å². The maximum absolute atomic E-state index is 16.0. The fourth-order valence-corrected chi connectivity index (χ4v) is 22.6. The molecule has 1 aromatic heterocycles. The Kier molecular flexibility index (Phi) is 16.2. The summed E-state index contributed by atoms with van der Waals surface area (Å²) in [5.41, 5.74) is -1.54. The van der Waals surface area contributed by atoms with Crippen LogP contribution in [0.1, 0.15) is 181 Å². The van der Waals surface area contributed by atoms with Crippen molar-refractivity contribution in [2.45, 2.75) is 211 Å². The lowest BCUT2D eigenvalue weighted by Gasteiger charge is -2.63. The number of carbonyl (C=O) groups is 5. The van der Waals surface area contributed by atoms with Gasteiger partial charge in [0.1, 0.15) is 22.9 Å². The van der Waals surface area contributed by atoms with E-state index in [9.17, 15) is 24.3 Å². The first kappa shape index (κ1) is 63.1. The molecule has 16 nitrogen and oxygen atoms in total. The lowest BCUT2D eigenvalue weighted by Crippen LogP contribution is -2.81. The Labute approximate surface area is 532 Å². The van der Waals surface area contributed by atoms with E-state index in [-0.39, 0.29) is 29.6 Å². The number of aromatic amines is 1. The summed E-state index contributed by atoms with van der Waals surface area (Å²) in [7, 11) is 4.14. The maximum Gasteiger partial charge on any atom is 0.509 e. The van der Waals surface area contributed by atoms with E-state index >= 15 is 4.79 Å². The fraction of sp³-hybridized carbons (Fsp3) is 0.689. The number of amides is 1. The highest BCUT2D eigenvalue weighted by Gasteiger charge is 2.81. The van der Waals surface area contributed by atoms with Gasteiger partial charge >= 0.3 is 24.1 Å². The first-order valence-electron chi connectivity index (χ1n) is 34.5. The number of carbonyl (C=O) groups excluding carboxylic acids is 5. The highest BCUT2D eigenvalue weighted by atomic mass is 16.7. The van der Waals surface area contributed by atoms with Crippen LogP contribution < -0.4 is 9.64 Å². The quantitative estimate of drug-likeness (QED) is 0.0633. The number of hydrogen-bond donors (Lipinski definition) is 2. The third kappa shape index (κ3) is 9.19. The molecule has 13 rings (SSSR count). The predicted molar refractivity (Wildman–Crippen MR) is 343 cm³/mol. The van der Waals surface area contributed by atoms with Crippen molar-refractivity contribution in [3.8, 4) is 5.75 Å². The molecule has 4 saturated carbocycles. The van der Waals surface area contributed by atoms with Crippen LogP contribution in [0, 0.1) is 57.7 Å². The van der Waals surface area contributed by atoms with Crippen molar-refractivity contribution in [1.29, 1.82) is 0 Å². The van der Waals surface area contributed by atoms with Gasteiger partial charge in [-0.25, -0.2) is 9.59 Å². The zero-order chi connectivity index (χ0) is 63.7. The molecule has 10 aliphatic rings. The van der Waals surface area contributed by atoms with Crippen molar-refractivity contribution in [1.82, 2.24) is 14.8 Å². The molecular formula is C74H100N4O12. The topological polar surface area (TPSA) is 186 Å². The molecule has 2 bridgehead atoms. The van der Waals surface area contributed by atoms with Gasteiger partial charge in [-0.2, -0.15) is 0 Å². The second-order valence-corrected chi connectivity index (χ2v) is 30.7. The van der Waals surface area contributed by atoms with Crippen molar-refractivity contribution in [3.05, 3.63) is 82.6 Å². The van der Waals surface area contributed by atoms with E-state index in [0.29, 0.717) is 111 Å². The minimum absolute atomic E-state index is 0.0948. The molecule has 6 fully saturated rings. The van der Waals surface area contributed by atoms with Crippen LogP contribution in [-0.4, -0.2) is 140 Å². The van der Waals surface area contributed by atoms with Crippen molar-refractivity contribution in [2.75, 3.05) is 59.0 Å². The molecule has 2 aromatic carbocycles. The number of H-pyrrole nitrogens is 1. The summed E-state index contributed by atoms with van der Waals surface area (Å²) >= 11 is 0. The maximum atomic E-state index is 16.0. The van der Waals surface area contributed by atoms with Crippen molar-refractivity contribution >= 4 is 47.1 Å². The Bertz CT molecular complexity index is 3390. The molecule has 1 amide bonds. The number of ether oxygens (including phenoxy) is 6. The zero-order valence-electron chi connectivity index (χ0n) is 55.5. The number of aliphatic hydroxyl groups is 1. The number of hydrogen-bond acceptors (Lipinski definition) is 14. The molecule has 2 saturated heterocycles. The van der Waals surface area contributed by atoms with E-state index in [1.165, 1.54) is 76.6 Å². The highest BCUT2D eigenvalue weighted by Crippen LogP contribution is 2.70. The molecule has 10 unspecified atom stereocenters. The molecule has 488 valence electrons. The molecule has 3 aromatic rings. The lowest BCUT2D eigenvalue weighted by molar-refractivity contribution is -0.228. The smallest absolute Gasteiger partial charge is 0.496 e. The normalized spacial score (nSPS) is 39.1. The van der Waals surface area contributed by atoms with Crippen LogP contribution in [0.15, 0.2) is 60.2 Å². The van der Waals surface area contributed by atoms with E-state index in [1.807, 2.05) is 43.3 Å². The summed E-state index contributed by atoms with van der Waals surface area (Å²) in [6.45, 7) is 20.5. The number of para-hydroxylation sites is 1. The Balaban J connectivity index is 0.838. The van der Waals surface area contributed by atoms with E-state index < -0.39 is 69.7 Å². The molecule has 6 heterocycles. The van der Waals surface area contributed by atoms with Gasteiger partial charge in [0.25, 0.3) is 0 Å². The Morgan fingerprint density at radius 1 is 0.867 bits per heavy atom. The second-order valence-electron chi connectivity index (χ2n) is 30.7.